The fourth-order valence-electron chi connectivity index (χ4n) is 2.40. The third-order valence-electron chi connectivity index (χ3n) is 3.39. The lowest BCUT2D eigenvalue weighted by atomic mass is 10.3. The predicted octanol–water partition coefficient (Wildman–Crippen LogP) is 2.98. The minimum Gasteiger partial charge on any atom is -0.355 e. The summed E-state index contributed by atoms with van der Waals surface area (Å²) in [5.41, 5.74) is 0.991. The zero-order chi connectivity index (χ0) is 14.7. The monoisotopic (exact) mass is 302 g/mol. The van der Waals surface area contributed by atoms with Crippen LogP contribution in [-0.2, 0) is 0 Å². The number of halogens is 1. The molecule has 5 nitrogen and oxygen atoms in total. The highest BCUT2D eigenvalue weighted by molar-refractivity contribution is 6.29. The van der Waals surface area contributed by atoms with Gasteiger partial charge in [-0.15, -0.1) is 0 Å². The van der Waals surface area contributed by atoms with E-state index >= 15 is 0 Å². The lowest BCUT2D eigenvalue weighted by Gasteiger charge is -2.19. The number of carbonyl (C=O) groups is 1. The van der Waals surface area contributed by atoms with Crippen molar-refractivity contribution in [3.63, 3.8) is 0 Å². The van der Waals surface area contributed by atoms with Crippen LogP contribution < -0.4 is 10.2 Å². The van der Waals surface area contributed by atoms with Crippen molar-refractivity contribution in [2.24, 2.45) is 0 Å². The molecule has 0 atom stereocenters. The van der Waals surface area contributed by atoms with E-state index < -0.39 is 0 Å². The Morgan fingerprint density at radius 1 is 1.19 bits per heavy atom. The summed E-state index contributed by atoms with van der Waals surface area (Å²) < 4.78 is 0. The van der Waals surface area contributed by atoms with Crippen LogP contribution in [0.25, 0.3) is 0 Å². The molecule has 1 saturated heterocycles. The Morgan fingerprint density at radius 3 is 2.76 bits per heavy atom. The van der Waals surface area contributed by atoms with Gasteiger partial charge in [-0.2, -0.15) is 0 Å². The third kappa shape index (κ3) is 3.13. The van der Waals surface area contributed by atoms with Gasteiger partial charge in [0.05, 0.1) is 5.69 Å². The summed E-state index contributed by atoms with van der Waals surface area (Å²) in [4.78, 5) is 22.8. The standard InChI is InChI=1S/C15H15ClN4O/c16-13-7-3-5-12(18-13)15(21)19-11-6-4-8-17-14(11)20-9-1-2-10-20/h3-8H,1-2,9-10H2,(H,19,21). The van der Waals surface area contributed by atoms with Crippen molar-refractivity contribution in [1.29, 1.82) is 0 Å². The molecule has 1 fully saturated rings. The van der Waals surface area contributed by atoms with E-state index in [9.17, 15) is 4.79 Å². The van der Waals surface area contributed by atoms with Crippen LogP contribution in [0.15, 0.2) is 36.5 Å². The molecule has 1 aliphatic heterocycles. The Bertz CT molecular complexity index is 656. The molecule has 0 aliphatic carbocycles. The van der Waals surface area contributed by atoms with Crippen LogP contribution in [0.3, 0.4) is 0 Å². The van der Waals surface area contributed by atoms with Gasteiger partial charge in [0.2, 0.25) is 0 Å². The Morgan fingerprint density at radius 2 is 2.00 bits per heavy atom. The van der Waals surface area contributed by atoms with E-state index in [0.29, 0.717) is 16.5 Å². The van der Waals surface area contributed by atoms with E-state index in [1.54, 1.807) is 30.5 Å². The van der Waals surface area contributed by atoms with Crippen LogP contribution in [-0.4, -0.2) is 29.0 Å². The summed E-state index contributed by atoms with van der Waals surface area (Å²) in [7, 11) is 0. The second-order valence-corrected chi connectivity index (χ2v) is 5.26. The SMILES string of the molecule is O=C(Nc1cccnc1N1CCCC1)c1cccc(Cl)n1. The summed E-state index contributed by atoms with van der Waals surface area (Å²) in [5, 5.41) is 3.17. The molecule has 108 valence electrons. The highest BCUT2D eigenvalue weighted by atomic mass is 35.5. The zero-order valence-corrected chi connectivity index (χ0v) is 12.2. The van der Waals surface area contributed by atoms with E-state index in [1.807, 2.05) is 6.07 Å². The van der Waals surface area contributed by atoms with Crippen LogP contribution >= 0.6 is 11.6 Å². The van der Waals surface area contributed by atoms with Gasteiger partial charge in [0.25, 0.3) is 5.91 Å². The van der Waals surface area contributed by atoms with Crippen LogP contribution in [0.4, 0.5) is 11.5 Å². The molecule has 0 spiro atoms. The molecule has 0 unspecified atom stereocenters. The van der Waals surface area contributed by atoms with Crippen LogP contribution in [0.5, 0.6) is 0 Å². The van der Waals surface area contributed by atoms with Crippen molar-refractivity contribution < 1.29 is 4.79 Å². The molecule has 1 aliphatic rings. The first-order valence-electron chi connectivity index (χ1n) is 6.88. The van der Waals surface area contributed by atoms with Gasteiger partial charge in [-0.25, -0.2) is 9.97 Å². The second-order valence-electron chi connectivity index (χ2n) is 4.87. The quantitative estimate of drug-likeness (QED) is 0.886. The Hall–Kier alpha value is -2.14. The summed E-state index contributed by atoms with van der Waals surface area (Å²) in [6.07, 6.45) is 4.04. The van der Waals surface area contributed by atoms with Crippen molar-refractivity contribution in [2.45, 2.75) is 12.8 Å². The van der Waals surface area contributed by atoms with Gasteiger partial charge in [0, 0.05) is 19.3 Å². The Kier molecular flexibility index (Phi) is 4.01. The van der Waals surface area contributed by atoms with E-state index in [4.69, 9.17) is 11.6 Å². The van der Waals surface area contributed by atoms with Gasteiger partial charge >= 0.3 is 0 Å². The van der Waals surface area contributed by atoms with Crippen molar-refractivity contribution in [1.82, 2.24) is 9.97 Å². The van der Waals surface area contributed by atoms with E-state index in [0.717, 1.165) is 31.7 Å². The van der Waals surface area contributed by atoms with Gasteiger partial charge in [0.15, 0.2) is 5.82 Å². The van der Waals surface area contributed by atoms with Gasteiger partial charge in [-0.1, -0.05) is 17.7 Å². The largest absolute Gasteiger partial charge is 0.355 e. The maximum Gasteiger partial charge on any atom is 0.274 e. The number of nitrogens with one attached hydrogen (secondary N) is 1. The number of amides is 1. The molecule has 2 aromatic heterocycles. The topological polar surface area (TPSA) is 58.1 Å². The molecule has 21 heavy (non-hydrogen) atoms. The van der Waals surface area contributed by atoms with Crippen molar-refractivity contribution >= 4 is 29.0 Å². The molecular weight excluding hydrogens is 288 g/mol. The maximum absolute atomic E-state index is 12.3. The average molecular weight is 303 g/mol. The molecule has 0 bridgehead atoms. The van der Waals surface area contributed by atoms with Gasteiger partial charge in [0.1, 0.15) is 10.8 Å². The average Bonchev–Trinajstić information content (AvgIpc) is 3.02. The van der Waals surface area contributed by atoms with Crippen LogP contribution in [0, 0.1) is 0 Å². The number of carbonyl (C=O) groups excluding carboxylic acids is 1. The summed E-state index contributed by atoms with van der Waals surface area (Å²) in [5.74, 6) is 0.524. The number of hydrogen-bond donors (Lipinski definition) is 1. The lowest BCUT2D eigenvalue weighted by Crippen LogP contribution is -2.22. The van der Waals surface area contributed by atoms with Crippen molar-refractivity contribution in [3.05, 3.63) is 47.4 Å². The fourth-order valence-corrected chi connectivity index (χ4v) is 2.56. The summed E-state index contributed by atoms with van der Waals surface area (Å²) in [6, 6.07) is 8.63. The minimum absolute atomic E-state index is 0.286. The number of aromatic nitrogens is 2. The lowest BCUT2D eigenvalue weighted by molar-refractivity contribution is 0.102. The van der Waals surface area contributed by atoms with E-state index in [2.05, 4.69) is 20.2 Å². The second kappa shape index (κ2) is 6.10. The highest BCUT2D eigenvalue weighted by Gasteiger charge is 2.18. The van der Waals surface area contributed by atoms with Crippen molar-refractivity contribution in [2.75, 3.05) is 23.3 Å². The summed E-state index contributed by atoms with van der Waals surface area (Å²) in [6.45, 7) is 1.94. The number of hydrogen-bond acceptors (Lipinski definition) is 4. The summed E-state index contributed by atoms with van der Waals surface area (Å²) >= 11 is 5.82. The predicted molar refractivity (Wildman–Crippen MR) is 82.9 cm³/mol. The number of pyridine rings is 2. The molecule has 3 heterocycles. The minimum atomic E-state index is -0.286. The molecule has 0 saturated carbocycles. The molecule has 0 aromatic carbocycles. The van der Waals surface area contributed by atoms with E-state index in [1.165, 1.54) is 0 Å². The zero-order valence-electron chi connectivity index (χ0n) is 11.4. The molecule has 0 radical (unpaired) electrons. The fraction of sp³-hybridized carbons (Fsp3) is 0.267. The third-order valence-corrected chi connectivity index (χ3v) is 3.60. The molecule has 2 aromatic rings. The number of rotatable bonds is 3. The maximum atomic E-state index is 12.3. The first kappa shape index (κ1) is 13.8. The van der Waals surface area contributed by atoms with Gasteiger partial charge in [-0.05, 0) is 37.1 Å². The van der Waals surface area contributed by atoms with Crippen LogP contribution in [0.2, 0.25) is 5.15 Å². The first-order chi connectivity index (χ1) is 10.2. The first-order valence-corrected chi connectivity index (χ1v) is 7.26. The molecule has 6 heteroatoms. The normalized spacial score (nSPS) is 14.2. The van der Waals surface area contributed by atoms with Crippen molar-refractivity contribution in [3.8, 4) is 0 Å². The molecular formula is C15H15ClN4O. The van der Waals surface area contributed by atoms with Gasteiger partial charge < -0.3 is 10.2 Å². The molecule has 1 N–H and O–H groups in total. The number of nitrogens with zero attached hydrogens (tertiary/aromatic N) is 3. The molecule has 3 rings (SSSR count). The highest BCUT2D eigenvalue weighted by Crippen LogP contribution is 2.26. The molecule has 1 amide bonds. The van der Waals surface area contributed by atoms with E-state index in [-0.39, 0.29) is 5.91 Å². The van der Waals surface area contributed by atoms with Gasteiger partial charge in [-0.3, -0.25) is 4.79 Å². The smallest absolute Gasteiger partial charge is 0.274 e. The van der Waals surface area contributed by atoms with Crippen LogP contribution in [0.1, 0.15) is 23.3 Å². The number of anilines is 2. The Labute approximate surface area is 128 Å². The Balaban J connectivity index is 1.83.